The van der Waals surface area contributed by atoms with Crippen LogP contribution < -0.4 is 5.32 Å². The van der Waals surface area contributed by atoms with E-state index < -0.39 is 17.1 Å². The molecule has 0 saturated heterocycles. The molecule has 4 nitrogen and oxygen atoms in total. The molecule has 0 spiro atoms. The first kappa shape index (κ1) is 17.8. The monoisotopic (exact) mass is 335 g/mol. The summed E-state index contributed by atoms with van der Waals surface area (Å²) in [6, 6.07) is 8.24. The number of carbonyl (C=O) groups excluding carboxylic acids is 1. The van der Waals surface area contributed by atoms with Crippen molar-refractivity contribution in [2.24, 2.45) is 5.41 Å². The molecule has 1 unspecified atom stereocenters. The second-order valence-corrected chi connectivity index (χ2v) is 8.17. The topological polar surface area (TPSA) is 58.6 Å². The average Bonchev–Trinajstić information content (AvgIpc) is 2.87. The van der Waals surface area contributed by atoms with Gasteiger partial charge < -0.3 is 15.2 Å². The van der Waals surface area contributed by atoms with Gasteiger partial charge >= 0.3 is 6.09 Å². The molecule has 2 rings (SSSR count). The Morgan fingerprint density at radius 2 is 1.96 bits per heavy atom. The molecular formula is C18H25NO3S. The number of hydrogen-bond donors (Lipinski definition) is 2. The Hall–Kier alpha value is -1.59. The Bertz CT molecular complexity index is 674. The van der Waals surface area contributed by atoms with Crippen LogP contribution in [0.25, 0.3) is 10.1 Å². The van der Waals surface area contributed by atoms with E-state index in [9.17, 15) is 9.90 Å². The van der Waals surface area contributed by atoms with Crippen LogP contribution in [-0.2, 0) is 11.2 Å². The molecule has 2 aromatic rings. The molecule has 0 aliphatic rings. The third kappa shape index (κ3) is 4.94. The van der Waals surface area contributed by atoms with E-state index in [0.29, 0.717) is 13.0 Å². The number of carbonyl (C=O) groups is 1. The van der Waals surface area contributed by atoms with Crippen molar-refractivity contribution in [2.45, 2.75) is 39.7 Å². The van der Waals surface area contributed by atoms with E-state index in [1.165, 1.54) is 15.6 Å². The number of rotatable bonds is 5. The van der Waals surface area contributed by atoms with Crippen molar-refractivity contribution in [3.05, 3.63) is 35.2 Å². The van der Waals surface area contributed by atoms with Crippen LogP contribution in [0.15, 0.2) is 29.6 Å². The predicted octanol–water partition coefficient (Wildman–Crippen LogP) is 3.97. The summed E-state index contributed by atoms with van der Waals surface area (Å²) in [4.78, 5) is 11.8. The van der Waals surface area contributed by atoms with E-state index in [0.717, 1.165) is 0 Å². The third-order valence-electron chi connectivity index (χ3n) is 3.62. The molecule has 0 bridgehead atoms. The van der Waals surface area contributed by atoms with Gasteiger partial charge in [0.05, 0.1) is 6.61 Å². The molecule has 2 N–H and O–H groups in total. The number of amides is 1. The molecule has 1 amide bonds. The largest absolute Gasteiger partial charge is 0.444 e. The van der Waals surface area contributed by atoms with Crippen molar-refractivity contribution in [3.63, 3.8) is 0 Å². The van der Waals surface area contributed by atoms with Crippen LogP contribution in [0.1, 0.15) is 33.3 Å². The van der Waals surface area contributed by atoms with E-state index in [4.69, 9.17) is 4.74 Å². The van der Waals surface area contributed by atoms with E-state index in [1.807, 2.05) is 39.8 Å². The van der Waals surface area contributed by atoms with E-state index in [-0.39, 0.29) is 6.61 Å². The van der Waals surface area contributed by atoms with Gasteiger partial charge in [-0.2, -0.15) is 0 Å². The lowest BCUT2D eigenvalue weighted by Gasteiger charge is -2.28. The zero-order valence-corrected chi connectivity index (χ0v) is 15.0. The highest BCUT2D eigenvalue weighted by molar-refractivity contribution is 7.17. The Morgan fingerprint density at radius 1 is 1.26 bits per heavy atom. The van der Waals surface area contributed by atoms with E-state index in [1.54, 1.807) is 11.3 Å². The minimum atomic E-state index is -0.525. The number of benzene rings is 1. The lowest BCUT2D eigenvalue weighted by molar-refractivity contribution is 0.0478. The van der Waals surface area contributed by atoms with Crippen molar-refractivity contribution in [2.75, 3.05) is 13.2 Å². The number of fused-ring (bicyclic) bond motifs is 1. The highest BCUT2D eigenvalue weighted by atomic mass is 32.1. The van der Waals surface area contributed by atoms with Crippen molar-refractivity contribution < 1.29 is 14.6 Å². The minimum absolute atomic E-state index is 0.00697. The summed E-state index contributed by atoms with van der Waals surface area (Å²) in [5.74, 6) is 0. The standard InChI is InChI=1S/C18H25NO3S/c1-17(2,3)22-16(21)19-11-18(4,12-20)9-13-10-23-15-8-6-5-7-14(13)15/h5-8,10,20H,9,11-12H2,1-4H3,(H,19,21). The second kappa shape index (κ2) is 6.89. The number of ether oxygens (including phenoxy) is 1. The highest BCUT2D eigenvalue weighted by Crippen LogP contribution is 2.31. The van der Waals surface area contributed by atoms with Gasteiger partial charge in [-0.1, -0.05) is 25.1 Å². The molecule has 1 aromatic carbocycles. The number of hydrogen-bond acceptors (Lipinski definition) is 4. The van der Waals surface area contributed by atoms with Gasteiger partial charge in [-0.3, -0.25) is 0 Å². The third-order valence-corrected chi connectivity index (χ3v) is 4.63. The zero-order chi connectivity index (χ0) is 17.1. The number of aliphatic hydroxyl groups excluding tert-OH is 1. The normalized spacial score (nSPS) is 14.5. The fourth-order valence-electron chi connectivity index (χ4n) is 2.40. The Morgan fingerprint density at radius 3 is 2.61 bits per heavy atom. The van der Waals surface area contributed by atoms with Crippen LogP contribution in [0.3, 0.4) is 0 Å². The van der Waals surface area contributed by atoms with Crippen molar-refractivity contribution in [1.82, 2.24) is 5.32 Å². The Balaban J connectivity index is 2.04. The van der Waals surface area contributed by atoms with Gasteiger partial charge in [0.15, 0.2) is 0 Å². The van der Waals surface area contributed by atoms with Crippen LogP contribution in [-0.4, -0.2) is 30.0 Å². The zero-order valence-electron chi connectivity index (χ0n) is 14.2. The summed E-state index contributed by atoms with van der Waals surface area (Å²) >= 11 is 1.70. The van der Waals surface area contributed by atoms with Gasteiger partial charge in [-0.25, -0.2) is 4.79 Å². The number of nitrogens with one attached hydrogen (secondary N) is 1. The molecule has 0 saturated carbocycles. The van der Waals surface area contributed by atoms with Gasteiger partial charge in [0.2, 0.25) is 0 Å². The lowest BCUT2D eigenvalue weighted by Crippen LogP contribution is -2.41. The molecule has 0 aliphatic heterocycles. The molecule has 126 valence electrons. The molecule has 23 heavy (non-hydrogen) atoms. The molecule has 1 atom stereocenters. The predicted molar refractivity (Wildman–Crippen MR) is 95.0 cm³/mol. The first-order valence-electron chi connectivity index (χ1n) is 7.75. The quantitative estimate of drug-likeness (QED) is 0.869. The summed E-state index contributed by atoms with van der Waals surface area (Å²) in [6.45, 7) is 7.81. The first-order valence-corrected chi connectivity index (χ1v) is 8.63. The smallest absolute Gasteiger partial charge is 0.407 e. The maximum absolute atomic E-state index is 11.8. The van der Waals surface area contributed by atoms with Gasteiger partial charge in [-0.15, -0.1) is 11.3 Å². The van der Waals surface area contributed by atoms with Crippen molar-refractivity contribution >= 4 is 27.5 Å². The van der Waals surface area contributed by atoms with Crippen LogP contribution in [0, 0.1) is 5.41 Å². The second-order valence-electron chi connectivity index (χ2n) is 7.26. The number of alkyl carbamates (subject to hydrolysis) is 1. The Labute approximate surface area is 141 Å². The number of thiophene rings is 1. The molecule has 5 heteroatoms. The van der Waals surface area contributed by atoms with Gasteiger partial charge in [0.1, 0.15) is 5.60 Å². The molecular weight excluding hydrogens is 310 g/mol. The fourth-order valence-corrected chi connectivity index (χ4v) is 3.37. The minimum Gasteiger partial charge on any atom is -0.444 e. The molecule has 0 aliphatic carbocycles. The molecule has 1 heterocycles. The van der Waals surface area contributed by atoms with Crippen LogP contribution >= 0.6 is 11.3 Å². The summed E-state index contributed by atoms with van der Waals surface area (Å²) in [5.41, 5.74) is 0.248. The van der Waals surface area contributed by atoms with Crippen LogP contribution in [0.5, 0.6) is 0 Å². The summed E-state index contributed by atoms with van der Waals surface area (Å²) in [7, 11) is 0. The SMILES string of the molecule is CC(CO)(CNC(=O)OC(C)(C)C)Cc1csc2ccccc12. The van der Waals surface area contributed by atoms with Gasteiger partial charge in [0, 0.05) is 16.7 Å². The number of aliphatic hydroxyl groups is 1. The average molecular weight is 335 g/mol. The summed E-state index contributed by atoms with van der Waals surface area (Å²) < 4.78 is 6.49. The van der Waals surface area contributed by atoms with E-state index >= 15 is 0 Å². The molecule has 0 fully saturated rings. The lowest BCUT2D eigenvalue weighted by atomic mass is 9.84. The fraction of sp³-hybridized carbons (Fsp3) is 0.500. The van der Waals surface area contributed by atoms with E-state index in [2.05, 4.69) is 22.8 Å². The van der Waals surface area contributed by atoms with Crippen LogP contribution in [0.4, 0.5) is 4.79 Å². The highest BCUT2D eigenvalue weighted by Gasteiger charge is 2.27. The van der Waals surface area contributed by atoms with Gasteiger partial charge in [-0.05, 0) is 49.6 Å². The Kier molecular flexibility index (Phi) is 5.32. The maximum atomic E-state index is 11.8. The molecule has 1 aromatic heterocycles. The van der Waals surface area contributed by atoms with Crippen molar-refractivity contribution in [3.8, 4) is 0 Å². The van der Waals surface area contributed by atoms with Crippen molar-refractivity contribution in [1.29, 1.82) is 0 Å². The first-order chi connectivity index (χ1) is 10.7. The summed E-state index contributed by atoms with van der Waals surface area (Å²) in [6.07, 6.45) is 0.246. The van der Waals surface area contributed by atoms with Crippen LogP contribution in [0.2, 0.25) is 0 Å². The summed E-state index contributed by atoms with van der Waals surface area (Å²) in [5, 5.41) is 15.9. The molecule has 0 radical (unpaired) electrons. The van der Waals surface area contributed by atoms with Gasteiger partial charge in [0.25, 0.3) is 0 Å². The maximum Gasteiger partial charge on any atom is 0.407 e.